The SMILES string of the molecule is [B]c1cn(S(=O)(=O)c2ccc(C)cc2)c2ncccc12. The summed E-state index contributed by atoms with van der Waals surface area (Å²) in [4.78, 5) is 4.33. The number of fused-ring (bicyclic) bond motifs is 1. The first-order chi connectivity index (χ1) is 9.50. The minimum absolute atomic E-state index is 0.214. The van der Waals surface area contributed by atoms with Crippen molar-refractivity contribution < 1.29 is 8.42 Å². The molecule has 20 heavy (non-hydrogen) atoms. The molecule has 2 heterocycles. The molecule has 1 aromatic carbocycles. The van der Waals surface area contributed by atoms with Crippen molar-refractivity contribution in [2.75, 3.05) is 0 Å². The van der Waals surface area contributed by atoms with Crippen molar-refractivity contribution in [2.24, 2.45) is 0 Å². The Morgan fingerprint density at radius 2 is 1.85 bits per heavy atom. The van der Waals surface area contributed by atoms with Crippen LogP contribution < -0.4 is 5.46 Å². The summed E-state index contributed by atoms with van der Waals surface area (Å²) in [6.07, 6.45) is 2.94. The van der Waals surface area contributed by atoms with Gasteiger partial charge in [0.25, 0.3) is 10.0 Å². The monoisotopic (exact) mass is 282 g/mol. The molecule has 6 heteroatoms. The summed E-state index contributed by atoms with van der Waals surface area (Å²) in [5.74, 6) is 0. The Labute approximate surface area is 118 Å². The third-order valence-electron chi connectivity index (χ3n) is 3.14. The van der Waals surface area contributed by atoms with Crippen LogP contribution in [0.5, 0.6) is 0 Å². The van der Waals surface area contributed by atoms with Gasteiger partial charge in [-0.05, 0) is 25.1 Å². The van der Waals surface area contributed by atoms with Gasteiger partial charge in [0.15, 0.2) is 5.65 Å². The Hall–Kier alpha value is -2.08. The molecule has 0 spiro atoms. The second kappa shape index (κ2) is 4.49. The van der Waals surface area contributed by atoms with Gasteiger partial charge in [-0.25, -0.2) is 17.4 Å². The van der Waals surface area contributed by atoms with E-state index in [2.05, 4.69) is 4.98 Å². The number of pyridine rings is 1. The van der Waals surface area contributed by atoms with Crippen molar-refractivity contribution in [1.82, 2.24) is 8.96 Å². The Morgan fingerprint density at radius 1 is 1.15 bits per heavy atom. The molecule has 0 atom stereocenters. The Morgan fingerprint density at radius 3 is 2.55 bits per heavy atom. The highest BCUT2D eigenvalue weighted by Crippen LogP contribution is 2.19. The van der Waals surface area contributed by atoms with Gasteiger partial charge in [-0.1, -0.05) is 29.2 Å². The van der Waals surface area contributed by atoms with Crippen molar-refractivity contribution in [3.05, 3.63) is 54.4 Å². The Kier molecular flexibility index (Phi) is 2.90. The lowest BCUT2D eigenvalue weighted by molar-refractivity contribution is 0.589. The van der Waals surface area contributed by atoms with Crippen LogP contribution in [0.3, 0.4) is 0 Å². The standard InChI is InChI=1S/C14H11BN2O2S/c1-10-4-6-11(7-5-10)20(18,19)17-9-13(15)12-3-2-8-16-14(12)17/h2-9H,1H3. The van der Waals surface area contributed by atoms with Crippen LogP contribution in [0.2, 0.25) is 0 Å². The molecule has 0 fully saturated rings. The van der Waals surface area contributed by atoms with Crippen molar-refractivity contribution in [1.29, 1.82) is 0 Å². The van der Waals surface area contributed by atoms with Crippen LogP contribution >= 0.6 is 0 Å². The van der Waals surface area contributed by atoms with Crippen molar-refractivity contribution in [2.45, 2.75) is 11.8 Å². The highest BCUT2D eigenvalue weighted by Gasteiger charge is 2.20. The average molecular weight is 282 g/mol. The number of aryl methyl sites for hydroxylation is 1. The van der Waals surface area contributed by atoms with Gasteiger partial charge in [0, 0.05) is 17.8 Å². The van der Waals surface area contributed by atoms with Gasteiger partial charge in [0.2, 0.25) is 0 Å². The maximum Gasteiger partial charge on any atom is 0.269 e. The van der Waals surface area contributed by atoms with Crippen LogP contribution in [0.1, 0.15) is 5.56 Å². The summed E-state index contributed by atoms with van der Waals surface area (Å²) in [6.45, 7) is 1.90. The minimum atomic E-state index is -3.69. The molecule has 3 aromatic rings. The molecule has 2 aromatic heterocycles. The molecule has 0 unspecified atom stereocenters. The molecule has 0 bridgehead atoms. The molecular weight excluding hydrogens is 271 g/mol. The highest BCUT2D eigenvalue weighted by molar-refractivity contribution is 7.90. The first-order valence-corrected chi connectivity index (χ1v) is 7.48. The molecule has 0 aliphatic carbocycles. The zero-order chi connectivity index (χ0) is 14.3. The topological polar surface area (TPSA) is 52.0 Å². The predicted molar refractivity (Wildman–Crippen MR) is 78.9 cm³/mol. The van der Waals surface area contributed by atoms with E-state index in [1.54, 1.807) is 42.6 Å². The second-order valence-electron chi connectivity index (χ2n) is 4.57. The Bertz CT molecular complexity index is 883. The Balaban J connectivity index is 2.27. The number of hydrogen-bond donors (Lipinski definition) is 0. The van der Waals surface area contributed by atoms with Crippen molar-refractivity contribution >= 4 is 34.4 Å². The summed E-state index contributed by atoms with van der Waals surface area (Å²) in [7, 11) is 2.16. The number of hydrogen-bond acceptors (Lipinski definition) is 3. The normalized spacial score (nSPS) is 11.8. The largest absolute Gasteiger partial charge is 0.269 e. The first-order valence-electron chi connectivity index (χ1n) is 6.04. The fourth-order valence-corrected chi connectivity index (χ4v) is 3.39. The molecular formula is C14H11BN2O2S. The van der Waals surface area contributed by atoms with E-state index in [1.165, 1.54) is 6.20 Å². The average Bonchev–Trinajstić information content (AvgIpc) is 2.78. The van der Waals surface area contributed by atoms with E-state index in [1.807, 2.05) is 6.92 Å². The van der Waals surface area contributed by atoms with Gasteiger partial charge < -0.3 is 0 Å². The summed E-state index contributed by atoms with van der Waals surface area (Å²) in [5.41, 5.74) is 1.73. The number of nitrogens with zero attached hydrogens (tertiary/aromatic N) is 2. The second-order valence-corrected chi connectivity index (χ2v) is 6.39. The molecule has 0 saturated heterocycles. The van der Waals surface area contributed by atoms with Gasteiger partial charge in [-0.15, -0.1) is 0 Å². The molecule has 0 N–H and O–H groups in total. The van der Waals surface area contributed by atoms with Gasteiger partial charge in [-0.3, -0.25) is 0 Å². The summed E-state index contributed by atoms with van der Waals surface area (Å²) in [6, 6.07) is 10.1. The number of aromatic nitrogens is 2. The van der Waals surface area contributed by atoms with Crippen molar-refractivity contribution in [3.8, 4) is 0 Å². The predicted octanol–water partition coefficient (Wildman–Crippen LogP) is 1.38. The van der Waals surface area contributed by atoms with Crippen LogP contribution in [-0.2, 0) is 10.0 Å². The number of benzene rings is 1. The maximum absolute atomic E-state index is 12.6. The summed E-state index contributed by atoms with van der Waals surface area (Å²) in [5, 5.41) is 0.628. The molecule has 2 radical (unpaired) electrons. The fourth-order valence-electron chi connectivity index (χ4n) is 2.06. The molecule has 98 valence electrons. The van der Waals surface area contributed by atoms with E-state index in [9.17, 15) is 8.42 Å². The van der Waals surface area contributed by atoms with E-state index < -0.39 is 10.0 Å². The van der Waals surface area contributed by atoms with E-state index in [4.69, 9.17) is 7.85 Å². The summed E-state index contributed by atoms with van der Waals surface area (Å²) < 4.78 is 26.4. The van der Waals surface area contributed by atoms with Crippen LogP contribution in [-0.4, -0.2) is 25.2 Å². The highest BCUT2D eigenvalue weighted by atomic mass is 32.2. The van der Waals surface area contributed by atoms with Crippen LogP contribution in [0.25, 0.3) is 11.0 Å². The van der Waals surface area contributed by atoms with Crippen molar-refractivity contribution in [3.63, 3.8) is 0 Å². The fraction of sp³-hybridized carbons (Fsp3) is 0.0714. The molecule has 0 aliphatic rings. The molecule has 3 rings (SSSR count). The molecule has 0 saturated carbocycles. The minimum Gasteiger partial charge on any atom is -0.237 e. The van der Waals surface area contributed by atoms with Crippen LogP contribution in [0.4, 0.5) is 0 Å². The zero-order valence-electron chi connectivity index (χ0n) is 10.8. The third kappa shape index (κ3) is 1.93. The van der Waals surface area contributed by atoms with E-state index in [0.717, 1.165) is 9.54 Å². The maximum atomic E-state index is 12.6. The smallest absolute Gasteiger partial charge is 0.237 e. The lowest BCUT2D eigenvalue weighted by Gasteiger charge is -2.07. The van der Waals surface area contributed by atoms with E-state index in [-0.39, 0.29) is 4.90 Å². The third-order valence-corrected chi connectivity index (χ3v) is 4.80. The van der Waals surface area contributed by atoms with Crippen LogP contribution in [0.15, 0.2) is 53.7 Å². The molecule has 0 amide bonds. The number of rotatable bonds is 2. The zero-order valence-corrected chi connectivity index (χ0v) is 11.6. The first kappa shape index (κ1) is 12.9. The quantitative estimate of drug-likeness (QED) is 0.667. The lowest BCUT2D eigenvalue weighted by Crippen LogP contribution is -2.13. The van der Waals surface area contributed by atoms with Gasteiger partial charge in [0.05, 0.1) is 4.90 Å². The van der Waals surface area contributed by atoms with Gasteiger partial charge in [-0.2, -0.15) is 0 Å². The summed E-state index contributed by atoms with van der Waals surface area (Å²) >= 11 is 0. The van der Waals surface area contributed by atoms with Crippen LogP contribution in [0, 0.1) is 6.92 Å². The molecule has 4 nitrogen and oxygen atoms in total. The van der Waals surface area contributed by atoms with Gasteiger partial charge in [0.1, 0.15) is 7.85 Å². The lowest BCUT2D eigenvalue weighted by atomic mass is 9.97. The van der Waals surface area contributed by atoms with E-state index in [0.29, 0.717) is 16.5 Å². The van der Waals surface area contributed by atoms with E-state index >= 15 is 0 Å². The molecule has 0 aliphatic heterocycles. The van der Waals surface area contributed by atoms with Gasteiger partial charge >= 0.3 is 0 Å².